The summed E-state index contributed by atoms with van der Waals surface area (Å²) in [6.07, 6.45) is 1.69. The first-order chi connectivity index (χ1) is 5.68. The molecule has 0 spiro atoms. The van der Waals surface area contributed by atoms with E-state index < -0.39 is 0 Å². The molecule has 1 saturated heterocycles. The van der Waals surface area contributed by atoms with Gasteiger partial charge in [-0.3, -0.25) is 4.79 Å². The summed E-state index contributed by atoms with van der Waals surface area (Å²) in [5, 5.41) is 6.26. The number of carbonyl (C=O) groups excluding carboxylic acids is 1. The summed E-state index contributed by atoms with van der Waals surface area (Å²) in [5.74, 6) is 0.883. The van der Waals surface area contributed by atoms with Crippen molar-refractivity contribution >= 4 is 5.91 Å². The van der Waals surface area contributed by atoms with Gasteiger partial charge in [0, 0.05) is 19.0 Å². The van der Waals surface area contributed by atoms with E-state index in [0.29, 0.717) is 18.4 Å². The van der Waals surface area contributed by atoms with Gasteiger partial charge in [-0.05, 0) is 18.9 Å². The van der Waals surface area contributed by atoms with Crippen LogP contribution in [0.5, 0.6) is 0 Å². The highest BCUT2D eigenvalue weighted by Crippen LogP contribution is 2.04. The Bertz CT molecular complexity index is 157. The largest absolute Gasteiger partial charge is 0.352 e. The third-order valence-electron chi connectivity index (χ3n) is 2.03. The maximum absolute atomic E-state index is 10.8. The molecule has 3 nitrogen and oxygen atoms in total. The Labute approximate surface area is 73.9 Å². The Morgan fingerprint density at radius 1 is 1.67 bits per heavy atom. The summed E-state index contributed by atoms with van der Waals surface area (Å²) in [5.41, 5.74) is 0. The van der Waals surface area contributed by atoms with Crippen LogP contribution in [0, 0.1) is 5.92 Å². The van der Waals surface area contributed by atoms with Crippen LogP contribution in [0.3, 0.4) is 0 Å². The van der Waals surface area contributed by atoms with Crippen molar-refractivity contribution in [2.24, 2.45) is 5.92 Å². The zero-order valence-electron chi connectivity index (χ0n) is 7.89. The van der Waals surface area contributed by atoms with Crippen molar-refractivity contribution in [1.82, 2.24) is 10.6 Å². The van der Waals surface area contributed by atoms with Crippen LogP contribution in [-0.2, 0) is 4.79 Å². The molecule has 0 unspecified atom stereocenters. The molecule has 1 rings (SSSR count). The smallest absolute Gasteiger partial charge is 0.220 e. The standard InChI is InChI=1S/C9H18N2O/c1-7(2)5-10-6-8-3-4-9(12)11-8/h7-8,10H,3-6H2,1-2H3,(H,11,12)/t8-/m0/s1. The highest BCUT2D eigenvalue weighted by molar-refractivity contribution is 5.78. The first-order valence-corrected chi connectivity index (χ1v) is 4.68. The second kappa shape index (κ2) is 4.45. The fraction of sp³-hybridized carbons (Fsp3) is 0.889. The van der Waals surface area contributed by atoms with Crippen LogP contribution in [0.15, 0.2) is 0 Å². The van der Waals surface area contributed by atoms with Crippen molar-refractivity contribution in [2.75, 3.05) is 13.1 Å². The van der Waals surface area contributed by atoms with Crippen LogP contribution in [0.2, 0.25) is 0 Å². The molecule has 0 bridgehead atoms. The van der Waals surface area contributed by atoms with E-state index in [4.69, 9.17) is 0 Å². The van der Waals surface area contributed by atoms with E-state index in [1.54, 1.807) is 0 Å². The van der Waals surface area contributed by atoms with Crippen LogP contribution in [0.1, 0.15) is 26.7 Å². The van der Waals surface area contributed by atoms with Gasteiger partial charge in [0.1, 0.15) is 0 Å². The molecule has 12 heavy (non-hydrogen) atoms. The average Bonchev–Trinajstić information content (AvgIpc) is 2.35. The molecule has 1 amide bonds. The number of amides is 1. The lowest BCUT2D eigenvalue weighted by Crippen LogP contribution is -2.36. The number of rotatable bonds is 4. The molecule has 0 aromatic rings. The molecule has 1 heterocycles. The van der Waals surface area contributed by atoms with Gasteiger partial charge < -0.3 is 10.6 Å². The van der Waals surface area contributed by atoms with E-state index in [9.17, 15) is 4.79 Å². The maximum atomic E-state index is 10.8. The SMILES string of the molecule is CC(C)CNC[C@@H]1CCC(=O)N1. The minimum atomic E-state index is 0.200. The first-order valence-electron chi connectivity index (χ1n) is 4.68. The molecule has 0 aliphatic carbocycles. The number of hydrogen-bond acceptors (Lipinski definition) is 2. The molecule has 0 aromatic carbocycles. The summed E-state index contributed by atoms with van der Waals surface area (Å²) < 4.78 is 0. The highest BCUT2D eigenvalue weighted by Gasteiger charge is 2.19. The summed E-state index contributed by atoms with van der Waals surface area (Å²) in [4.78, 5) is 10.8. The van der Waals surface area contributed by atoms with E-state index in [2.05, 4.69) is 24.5 Å². The quantitative estimate of drug-likeness (QED) is 0.645. The van der Waals surface area contributed by atoms with Crippen LogP contribution >= 0.6 is 0 Å². The molecule has 1 fully saturated rings. The molecule has 0 radical (unpaired) electrons. The van der Waals surface area contributed by atoms with E-state index in [0.717, 1.165) is 19.5 Å². The Balaban J connectivity index is 2.04. The minimum absolute atomic E-state index is 0.200. The third kappa shape index (κ3) is 3.22. The van der Waals surface area contributed by atoms with Crippen LogP contribution in [-0.4, -0.2) is 25.0 Å². The Kier molecular flexibility index (Phi) is 3.53. The van der Waals surface area contributed by atoms with Crippen LogP contribution in [0.4, 0.5) is 0 Å². The number of nitrogens with one attached hydrogen (secondary N) is 2. The number of hydrogen-bond donors (Lipinski definition) is 2. The van der Waals surface area contributed by atoms with Gasteiger partial charge in [-0.25, -0.2) is 0 Å². The summed E-state index contributed by atoms with van der Waals surface area (Å²) in [6, 6.07) is 0.372. The Hall–Kier alpha value is -0.570. The van der Waals surface area contributed by atoms with E-state index >= 15 is 0 Å². The molecule has 1 aliphatic rings. The zero-order chi connectivity index (χ0) is 8.97. The molecule has 1 atom stereocenters. The van der Waals surface area contributed by atoms with Gasteiger partial charge in [-0.15, -0.1) is 0 Å². The van der Waals surface area contributed by atoms with Crippen molar-refractivity contribution < 1.29 is 4.79 Å². The third-order valence-corrected chi connectivity index (χ3v) is 2.03. The second-order valence-corrected chi connectivity index (χ2v) is 3.86. The lowest BCUT2D eigenvalue weighted by atomic mass is 10.2. The fourth-order valence-electron chi connectivity index (χ4n) is 1.38. The molecular weight excluding hydrogens is 152 g/mol. The van der Waals surface area contributed by atoms with Gasteiger partial charge in [0.15, 0.2) is 0 Å². The molecule has 0 aromatic heterocycles. The predicted molar refractivity (Wildman–Crippen MR) is 48.9 cm³/mol. The molecular formula is C9H18N2O. The van der Waals surface area contributed by atoms with Gasteiger partial charge >= 0.3 is 0 Å². The topological polar surface area (TPSA) is 41.1 Å². The lowest BCUT2D eigenvalue weighted by Gasteiger charge is -2.12. The lowest BCUT2D eigenvalue weighted by molar-refractivity contribution is -0.119. The van der Waals surface area contributed by atoms with Crippen molar-refractivity contribution in [1.29, 1.82) is 0 Å². The second-order valence-electron chi connectivity index (χ2n) is 3.86. The van der Waals surface area contributed by atoms with Crippen LogP contribution < -0.4 is 10.6 Å². The Morgan fingerprint density at radius 2 is 2.42 bits per heavy atom. The van der Waals surface area contributed by atoms with Crippen molar-refractivity contribution in [3.8, 4) is 0 Å². The van der Waals surface area contributed by atoms with Crippen LogP contribution in [0.25, 0.3) is 0 Å². The first kappa shape index (κ1) is 9.52. The minimum Gasteiger partial charge on any atom is -0.352 e. The van der Waals surface area contributed by atoms with Gasteiger partial charge in [0.05, 0.1) is 0 Å². The molecule has 70 valence electrons. The van der Waals surface area contributed by atoms with Crippen molar-refractivity contribution in [3.63, 3.8) is 0 Å². The molecule has 0 saturated carbocycles. The molecule has 1 aliphatic heterocycles. The summed E-state index contributed by atoms with van der Waals surface area (Å²) >= 11 is 0. The predicted octanol–water partition coefficient (Wildman–Crippen LogP) is 0.511. The van der Waals surface area contributed by atoms with E-state index in [-0.39, 0.29) is 5.91 Å². The monoisotopic (exact) mass is 170 g/mol. The maximum Gasteiger partial charge on any atom is 0.220 e. The fourth-order valence-corrected chi connectivity index (χ4v) is 1.38. The van der Waals surface area contributed by atoms with Crippen molar-refractivity contribution in [2.45, 2.75) is 32.7 Å². The normalized spacial score (nSPS) is 23.2. The molecule has 3 heteroatoms. The molecule has 2 N–H and O–H groups in total. The zero-order valence-corrected chi connectivity index (χ0v) is 7.89. The van der Waals surface area contributed by atoms with E-state index in [1.165, 1.54) is 0 Å². The summed E-state index contributed by atoms with van der Waals surface area (Å²) in [6.45, 7) is 6.32. The number of carbonyl (C=O) groups is 1. The van der Waals surface area contributed by atoms with Crippen molar-refractivity contribution in [3.05, 3.63) is 0 Å². The average molecular weight is 170 g/mol. The Morgan fingerprint density at radius 3 is 2.92 bits per heavy atom. The van der Waals surface area contributed by atoms with E-state index in [1.807, 2.05) is 0 Å². The summed E-state index contributed by atoms with van der Waals surface area (Å²) in [7, 11) is 0. The van der Waals surface area contributed by atoms with Gasteiger partial charge in [-0.1, -0.05) is 13.8 Å². The van der Waals surface area contributed by atoms with Gasteiger partial charge in [0.25, 0.3) is 0 Å². The highest BCUT2D eigenvalue weighted by atomic mass is 16.1. The van der Waals surface area contributed by atoms with Gasteiger partial charge in [0.2, 0.25) is 5.91 Å². The van der Waals surface area contributed by atoms with Gasteiger partial charge in [-0.2, -0.15) is 0 Å².